The number of hydrogen-bond acceptors (Lipinski definition) is 7. The Morgan fingerprint density at radius 3 is 1.86 bits per heavy atom. The van der Waals surface area contributed by atoms with Crippen LogP contribution in [0, 0.1) is 27.0 Å². The molecule has 0 heterocycles. The summed E-state index contributed by atoms with van der Waals surface area (Å²) in [5.41, 5.74) is 0. The molecule has 0 rings (SSSR count). The molecule has 0 aromatic heterocycles. The molecule has 0 fully saturated rings. The molecule has 122 valence electrons. The Hall–Kier alpha value is -3.03. The van der Waals surface area contributed by atoms with E-state index in [2.05, 4.69) is 6.58 Å². The summed E-state index contributed by atoms with van der Waals surface area (Å²) in [6, 6.07) is 0. The molecular formula is C9H21N12O+. The molecule has 0 aromatic rings. The van der Waals surface area contributed by atoms with E-state index in [1.54, 1.807) is 0 Å². The lowest BCUT2D eigenvalue weighted by molar-refractivity contribution is -1.24. The molecular weight excluding hydrogens is 292 g/mol. The smallest absolute Gasteiger partial charge is 0.181 e. The quantitative estimate of drug-likeness (QED) is 0.0893. The van der Waals surface area contributed by atoms with E-state index >= 15 is 0 Å². The van der Waals surface area contributed by atoms with Gasteiger partial charge in [-0.25, -0.2) is 10.9 Å². The number of hydrogen-bond donors (Lipinski definition) is 6. The molecule has 7 N–H and O–H groups in total. The van der Waals surface area contributed by atoms with Crippen molar-refractivity contribution in [2.75, 3.05) is 14.1 Å². The van der Waals surface area contributed by atoms with E-state index in [-0.39, 0.29) is 0 Å². The zero-order valence-corrected chi connectivity index (χ0v) is 12.3. The molecule has 0 spiro atoms. The molecule has 0 aliphatic rings. The van der Waals surface area contributed by atoms with Crippen molar-refractivity contribution in [3.8, 4) is 0 Å². The highest BCUT2D eigenvalue weighted by atomic mass is 17.0. The summed E-state index contributed by atoms with van der Waals surface area (Å²) in [7, 11) is 2.90. The van der Waals surface area contributed by atoms with Crippen LogP contribution >= 0.6 is 0 Å². The average molecular weight is 313 g/mol. The third-order valence-electron chi connectivity index (χ3n) is 2.47. The molecule has 0 saturated heterocycles. The monoisotopic (exact) mass is 313 g/mol. The Labute approximate surface area is 127 Å². The maximum Gasteiger partial charge on any atom is 0.181 e. The average Bonchev–Trinajstić information content (AvgIpc) is 2.56. The number of nitrogens with zero attached hydrogens (tertiary/aromatic N) is 6. The summed E-state index contributed by atoms with van der Waals surface area (Å²) >= 11 is 0. The third-order valence-corrected chi connectivity index (χ3v) is 2.47. The van der Waals surface area contributed by atoms with Crippen LogP contribution in [0.3, 0.4) is 0 Å². The first-order valence-electron chi connectivity index (χ1n) is 5.72. The predicted octanol–water partition coefficient (Wildman–Crippen LogP) is -0.868. The van der Waals surface area contributed by atoms with Gasteiger partial charge in [0.2, 0.25) is 0 Å². The van der Waals surface area contributed by atoms with Crippen LogP contribution in [-0.2, 0) is 4.94 Å². The van der Waals surface area contributed by atoms with E-state index in [0.717, 1.165) is 29.1 Å². The molecule has 0 aromatic carbocycles. The van der Waals surface area contributed by atoms with Gasteiger partial charge in [-0.05, 0) is 11.7 Å². The molecule has 1 unspecified atom stereocenters. The van der Waals surface area contributed by atoms with Gasteiger partial charge in [0.05, 0.1) is 11.9 Å². The van der Waals surface area contributed by atoms with Gasteiger partial charge in [0.1, 0.15) is 25.4 Å². The molecule has 0 aliphatic heterocycles. The second-order valence-electron chi connectivity index (χ2n) is 3.65. The molecule has 1 atom stereocenters. The predicted molar refractivity (Wildman–Crippen MR) is 80.7 cm³/mol. The van der Waals surface area contributed by atoms with Crippen LogP contribution in [-0.4, -0.2) is 76.1 Å². The van der Waals surface area contributed by atoms with Crippen LogP contribution in [0.4, 0.5) is 0 Å². The minimum absolute atomic E-state index is 0.647. The van der Waals surface area contributed by atoms with Gasteiger partial charge in [0, 0.05) is 12.0 Å². The van der Waals surface area contributed by atoms with E-state index in [1.807, 2.05) is 0 Å². The highest BCUT2D eigenvalue weighted by molar-refractivity contribution is 5.57. The summed E-state index contributed by atoms with van der Waals surface area (Å²) in [6.45, 7) is 3.60. The summed E-state index contributed by atoms with van der Waals surface area (Å²) < 4.78 is 0. The highest BCUT2D eigenvalue weighted by Crippen LogP contribution is 2.19. The van der Waals surface area contributed by atoms with Crippen molar-refractivity contribution in [2.45, 2.75) is 0 Å². The van der Waals surface area contributed by atoms with Crippen LogP contribution in [0.25, 0.3) is 0 Å². The van der Waals surface area contributed by atoms with Crippen molar-refractivity contribution >= 4 is 31.7 Å². The normalized spacial score (nSPS) is 12.1. The van der Waals surface area contributed by atoms with E-state index in [0.29, 0.717) is 23.0 Å². The first-order chi connectivity index (χ1) is 10.4. The summed E-state index contributed by atoms with van der Waals surface area (Å²) in [4.78, 5) is 4.60. The lowest BCUT2D eigenvalue weighted by atomic mass is 10.9. The maximum atomic E-state index is 7.52. The van der Waals surface area contributed by atoms with Gasteiger partial charge < -0.3 is 0 Å². The summed E-state index contributed by atoms with van der Waals surface area (Å²) in [5, 5.41) is 41.3. The molecule has 13 nitrogen and oxygen atoms in total. The molecule has 0 aliphatic carbocycles. The molecule has 0 bridgehead atoms. The lowest BCUT2D eigenvalue weighted by Crippen LogP contribution is -2.70. The first-order valence-corrected chi connectivity index (χ1v) is 5.72. The molecule has 22 heavy (non-hydrogen) atoms. The fourth-order valence-electron chi connectivity index (χ4n) is 1.32. The second kappa shape index (κ2) is 8.30. The van der Waals surface area contributed by atoms with Crippen LogP contribution in [0.2, 0.25) is 0 Å². The van der Waals surface area contributed by atoms with Gasteiger partial charge in [-0.3, -0.25) is 27.0 Å². The van der Waals surface area contributed by atoms with Crippen molar-refractivity contribution in [3.05, 3.63) is 12.8 Å². The topological polar surface area (TPSA) is 171 Å². The Balaban J connectivity index is 5.96. The van der Waals surface area contributed by atoms with Crippen LogP contribution in [0.15, 0.2) is 12.8 Å². The number of hydroxylamine groups is 2. The summed E-state index contributed by atoms with van der Waals surface area (Å²) in [5.74, 6) is 5.47. The van der Waals surface area contributed by atoms with Crippen LogP contribution < -0.4 is 5.84 Å². The number of hydrazine groups is 3. The van der Waals surface area contributed by atoms with Gasteiger partial charge in [-0.2, -0.15) is 10.1 Å². The zero-order chi connectivity index (χ0) is 17.3. The van der Waals surface area contributed by atoms with Gasteiger partial charge in [-0.15, -0.1) is 0 Å². The maximum absolute atomic E-state index is 7.52. The second-order valence-corrected chi connectivity index (χ2v) is 3.65. The molecule has 0 amide bonds. The van der Waals surface area contributed by atoms with Gasteiger partial charge in [-0.1, -0.05) is 5.17 Å². The number of rotatable bonds is 12. The lowest BCUT2D eigenvalue weighted by Gasteiger charge is -2.44. The van der Waals surface area contributed by atoms with E-state index < -0.39 is 4.86 Å². The van der Waals surface area contributed by atoms with Crippen molar-refractivity contribution in [1.29, 1.82) is 27.0 Å². The van der Waals surface area contributed by atoms with Gasteiger partial charge >= 0.3 is 0 Å². The van der Waals surface area contributed by atoms with Crippen LogP contribution in [0.1, 0.15) is 0 Å². The Morgan fingerprint density at radius 1 is 0.955 bits per heavy atom. The fraction of sp³-hybridized carbons (Fsp3) is 0.222. The molecule has 13 heteroatoms. The van der Waals surface area contributed by atoms with Crippen molar-refractivity contribution in [1.82, 2.24) is 25.4 Å². The minimum atomic E-state index is -0.879. The van der Waals surface area contributed by atoms with Crippen molar-refractivity contribution in [3.63, 3.8) is 0 Å². The Morgan fingerprint density at radius 2 is 1.55 bits per heavy atom. The highest BCUT2D eigenvalue weighted by Gasteiger charge is 2.44. The standard InChI is InChI=1S/C9H21N12O/c1-4-21(17(3)6-11,19(8-13)16(2)5-10)22-20(9-14)18(15)7-12/h4-14H,1,15H2,2-3H3/q+1. The first kappa shape index (κ1) is 19.0. The summed E-state index contributed by atoms with van der Waals surface area (Å²) in [6.07, 6.45) is 5.14. The minimum Gasteiger partial charge on any atom is -0.290 e. The number of nitrogens with two attached hydrogens (primary N) is 1. The zero-order valence-electron chi connectivity index (χ0n) is 12.3. The molecule has 0 saturated carbocycles. The van der Waals surface area contributed by atoms with Crippen LogP contribution in [0.5, 0.6) is 0 Å². The fourth-order valence-corrected chi connectivity index (χ4v) is 1.32. The van der Waals surface area contributed by atoms with Crippen molar-refractivity contribution in [2.24, 2.45) is 5.84 Å². The SMILES string of the molecule is C=C[N+](ON(C=N)N(N)C=N)(N(C)C=N)N(C=N)N(C)C=N. The van der Waals surface area contributed by atoms with Gasteiger partial charge in [0.15, 0.2) is 12.5 Å². The molecule has 0 radical (unpaired) electrons. The Kier molecular flexibility index (Phi) is 7.16. The number of nitrogens with one attached hydrogen (secondary N) is 5. The third kappa shape index (κ3) is 3.54. The van der Waals surface area contributed by atoms with E-state index in [1.165, 1.54) is 25.3 Å². The van der Waals surface area contributed by atoms with E-state index in [9.17, 15) is 0 Å². The Bertz CT molecular complexity index is 434. The number of quaternary nitrogens is 1. The van der Waals surface area contributed by atoms with Crippen molar-refractivity contribution < 1.29 is 9.80 Å². The largest absolute Gasteiger partial charge is 0.290 e. The van der Waals surface area contributed by atoms with E-state index in [4.69, 9.17) is 37.8 Å². The van der Waals surface area contributed by atoms with Gasteiger partial charge in [0.25, 0.3) is 0 Å².